The molecule has 9 heteroatoms. The van der Waals surface area contributed by atoms with Gasteiger partial charge in [0.15, 0.2) is 5.82 Å². The third kappa shape index (κ3) is 5.06. The Kier molecular flexibility index (Phi) is 7.27. The molecule has 0 saturated heterocycles. The number of carbonyl (C=O) groups is 1. The Morgan fingerprint density at radius 3 is 2.68 bits per heavy atom. The number of carbonyl (C=O) groups excluding carboxylic acids is 1. The number of benzene rings is 1. The highest BCUT2D eigenvalue weighted by molar-refractivity contribution is 5.90. The zero-order valence-corrected chi connectivity index (χ0v) is 22.4. The van der Waals surface area contributed by atoms with Crippen LogP contribution >= 0.6 is 0 Å². The SMILES string of the molecule is CCOc1cc(O)c(CC)cc1CCC1(C2CCCC2)CC(O)=C(Cc2nc3ncc(C)cn3n2)C(=O)O1. The summed E-state index contributed by atoms with van der Waals surface area (Å²) >= 11 is 0. The lowest BCUT2D eigenvalue weighted by atomic mass is 9.76. The van der Waals surface area contributed by atoms with E-state index in [0.717, 1.165) is 42.4 Å². The standard InChI is InChI=1S/C29H36N4O5/c1-4-19-12-20(25(37-5-2)14-23(19)34)10-11-29(21-8-6-7-9-21)15-24(35)22(27(36)38-29)13-26-31-28-30-16-18(3)17-33(28)32-26/h12,14,16-17,21,34-35H,4-11,13,15H2,1-3H3. The van der Waals surface area contributed by atoms with Gasteiger partial charge in [0.1, 0.15) is 22.9 Å². The number of aliphatic hydroxyl groups excluding tert-OH is 1. The summed E-state index contributed by atoms with van der Waals surface area (Å²) in [5.41, 5.74) is 2.19. The first kappa shape index (κ1) is 26.0. The van der Waals surface area contributed by atoms with E-state index in [2.05, 4.69) is 15.1 Å². The number of nitrogens with zero attached hydrogens (tertiary/aromatic N) is 4. The third-order valence-electron chi connectivity index (χ3n) is 7.92. The second kappa shape index (κ2) is 10.6. The number of aliphatic hydroxyl groups is 1. The first-order valence-corrected chi connectivity index (χ1v) is 13.6. The molecule has 9 nitrogen and oxygen atoms in total. The van der Waals surface area contributed by atoms with Gasteiger partial charge in [-0.3, -0.25) is 0 Å². The Balaban J connectivity index is 1.42. The van der Waals surface area contributed by atoms with Gasteiger partial charge in [0, 0.05) is 31.3 Å². The smallest absolute Gasteiger partial charge is 0.338 e. The van der Waals surface area contributed by atoms with E-state index < -0.39 is 11.6 Å². The lowest BCUT2D eigenvalue weighted by Gasteiger charge is -2.42. The molecule has 2 N–H and O–H groups in total. The summed E-state index contributed by atoms with van der Waals surface area (Å²) in [5, 5.41) is 26.0. The summed E-state index contributed by atoms with van der Waals surface area (Å²) in [6.45, 7) is 6.32. The fourth-order valence-corrected chi connectivity index (χ4v) is 5.92. The molecule has 3 aromatic rings. The number of phenolic OH excluding ortho intramolecular Hbond substituents is 1. The molecule has 5 rings (SSSR count). The lowest BCUT2D eigenvalue weighted by Crippen LogP contribution is -2.46. The van der Waals surface area contributed by atoms with Crippen LogP contribution in [0.3, 0.4) is 0 Å². The molecule has 38 heavy (non-hydrogen) atoms. The molecule has 2 aromatic heterocycles. The number of rotatable bonds is 9. The van der Waals surface area contributed by atoms with Crippen molar-refractivity contribution in [1.29, 1.82) is 0 Å². The van der Waals surface area contributed by atoms with Crippen LogP contribution in [0.15, 0.2) is 35.9 Å². The maximum absolute atomic E-state index is 13.4. The van der Waals surface area contributed by atoms with Gasteiger partial charge in [-0.05, 0) is 74.6 Å². The van der Waals surface area contributed by atoms with Gasteiger partial charge in [0.2, 0.25) is 0 Å². The van der Waals surface area contributed by atoms with Gasteiger partial charge in [-0.2, -0.15) is 4.98 Å². The zero-order chi connectivity index (χ0) is 26.9. The lowest BCUT2D eigenvalue weighted by molar-refractivity contribution is -0.167. The molecule has 3 heterocycles. The number of hydrogen-bond acceptors (Lipinski definition) is 8. The van der Waals surface area contributed by atoms with E-state index >= 15 is 0 Å². The molecule has 1 aromatic carbocycles. The zero-order valence-electron chi connectivity index (χ0n) is 22.4. The normalized spacial score (nSPS) is 20.3. The molecular formula is C29H36N4O5. The molecule has 0 spiro atoms. The minimum atomic E-state index is -0.792. The second-order valence-electron chi connectivity index (χ2n) is 10.5. The highest BCUT2D eigenvalue weighted by atomic mass is 16.6. The van der Waals surface area contributed by atoms with Crippen LogP contribution in [0, 0.1) is 12.8 Å². The van der Waals surface area contributed by atoms with Crippen molar-refractivity contribution in [3.63, 3.8) is 0 Å². The molecule has 0 amide bonds. The number of esters is 1. The molecule has 1 unspecified atom stereocenters. The summed E-state index contributed by atoms with van der Waals surface area (Å²) in [7, 11) is 0. The molecule has 1 fully saturated rings. The Morgan fingerprint density at radius 1 is 1.18 bits per heavy atom. The van der Waals surface area contributed by atoms with Gasteiger partial charge >= 0.3 is 5.97 Å². The number of aryl methyl sites for hydroxylation is 3. The van der Waals surface area contributed by atoms with E-state index in [-0.39, 0.29) is 35.8 Å². The van der Waals surface area contributed by atoms with Crippen molar-refractivity contribution < 1.29 is 24.5 Å². The minimum Gasteiger partial charge on any atom is -0.512 e. The number of hydrogen-bond donors (Lipinski definition) is 2. The van der Waals surface area contributed by atoms with E-state index in [1.165, 1.54) is 0 Å². The van der Waals surface area contributed by atoms with Gasteiger partial charge in [-0.15, -0.1) is 5.10 Å². The van der Waals surface area contributed by atoms with Crippen molar-refractivity contribution in [3.8, 4) is 11.5 Å². The monoisotopic (exact) mass is 520 g/mol. The quantitative estimate of drug-likeness (QED) is 0.380. The number of ether oxygens (including phenoxy) is 2. The predicted molar refractivity (Wildman–Crippen MR) is 141 cm³/mol. The van der Waals surface area contributed by atoms with E-state index in [9.17, 15) is 15.0 Å². The molecule has 0 bridgehead atoms. The van der Waals surface area contributed by atoms with Crippen molar-refractivity contribution >= 4 is 11.7 Å². The summed E-state index contributed by atoms with van der Waals surface area (Å²) in [6.07, 6.45) is 9.85. The van der Waals surface area contributed by atoms with Crippen LogP contribution in [0.1, 0.15) is 74.9 Å². The maximum atomic E-state index is 13.4. The van der Waals surface area contributed by atoms with E-state index in [1.54, 1.807) is 16.8 Å². The average molecular weight is 521 g/mol. The number of fused-ring (bicyclic) bond motifs is 1. The minimum absolute atomic E-state index is 0.0566. The molecule has 2 aliphatic rings. The third-order valence-corrected chi connectivity index (χ3v) is 7.92. The first-order chi connectivity index (χ1) is 18.3. The molecule has 1 aliphatic heterocycles. The van der Waals surface area contributed by atoms with Crippen molar-refractivity contribution in [1.82, 2.24) is 19.6 Å². The molecule has 1 atom stereocenters. The van der Waals surface area contributed by atoms with Crippen molar-refractivity contribution in [3.05, 3.63) is 58.4 Å². The predicted octanol–water partition coefficient (Wildman–Crippen LogP) is 4.96. The Morgan fingerprint density at radius 2 is 1.97 bits per heavy atom. The van der Waals surface area contributed by atoms with E-state index in [1.807, 2.05) is 33.0 Å². The Bertz CT molecular complexity index is 1370. The average Bonchev–Trinajstić information content (AvgIpc) is 3.56. The Labute approximate surface area is 222 Å². The van der Waals surface area contributed by atoms with Crippen molar-refractivity contribution in [2.75, 3.05) is 6.61 Å². The van der Waals surface area contributed by atoms with E-state index in [4.69, 9.17) is 9.47 Å². The fourth-order valence-electron chi connectivity index (χ4n) is 5.92. The van der Waals surface area contributed by atoms with Gasteiger partial charge < -0.3 is 19.7 Å². The van der Waals surface area contributed by atoms with Crippen LogP contribution < -0.4 is 4.74 Å². The van der Waals surface area contributed by atoms with Crippen LogP contribution in [0.5, 0.6) is 11.5 Å². The second-order valence-corrected chi connectivity index (χ2v) is 10.5. The van der Waals surface area contributed by atoms with Crippen molar-refractivity contribution in [2.45, 2.75) is 84.2 Å². The summed E-state index contributed by atoms with van der Waals surface area (Å²) in [5.74, 6) is 1.45. The largest absolute Gasteiger partial charge is 0.512 e. The first-order valence-electron chi connectivity index (χ1n) is 13.6. The van der Waals surface area contributed by atoms with Crippen LogP contribution in [0.4, 0.5) is 0 Å². The highest BCUT2D eigenvalue weighted by Crippen LogP contribution is 2.46. The fraction of sp³-hybridized carbons (Fsp3) is 0.517. The molecular weight excluding hydrogens is 484 g/mol. The topological polar surface area (TPSA) is 119 Å². The number of aromatic hydroxyl groups is 1. The van der Waals surface area contributed by atoms with Crippen molar-refractivity contribution in [2.24, 2.45) is 5.92 Å². The Hall–Kier alpha value is -3.62. The van der Waals surface area contributed by atoms with Crippen LogP contribution in [0.25, 0.3) is 5.78 Å². The summed E-state index contributed by atoms with van der Waals surface area (Å²) in [4.78, 5) is 22.1. The van der Waals surface area contributed by atoms with Crippen LogP contribution in [0.2, 0.25) is 0 Å². The van der Waals surface area contributed by atoms with Gasteiger partial charge in [-0.25, -0.2) is 14.3 Å². The van der Waals surface area contributed by atoms with Crippen LogP contribution in [-0.4, -0.2) is 48.0 Å². The molecule has 0 radical (unpaired) electrons. The summed E-state index contributed by atoms with van der Waals surface area (Å²) in [6, 6.07) is 3.67. The molecule has 202 valence electrons. The van der Waals surface area contributed by atoms with Gasteiger partial charge in [0.25, 0.3) is 5.78 Å². The van der Waals surface area contributed by atoms with Gasteiger partial charge in [0.05, 0.1) is 12.2 Å². The van der Waals surface area contributed by atoms with Gasteiger partial charge in [-0.1, -0.05) is 19.8 Å². The summed E-state index contributed by atoms with van der Waals surface area (Å²) < 4.78 is 13.7. The number of aromatic nitrogens is 4. The number of cyclic esters (lactones) is 1. The maximum Gasteiger partial charge on any atom is 0.338 e. The van der Waals surface area contributed by atoms with E-state index in [0.29, 0.717) is 43.2 Å². The molecule has 1 saturated carbocycles. The van der Waals surface area contributed by atoms with Crippen LogP contribution in [-0.2, 0) is 28.8 Å². The number of phenols is 1. The molecule has 1 aliphatic carbocycles. The highest BCUT2D eigenvalue weighted by Gasteiger charge is 2.48.